The van der Waals surface area contributed by atoms with E-state index in [9.17, 15) is 0 Å². The summed E-state index contributed by atoms with van der Waals surface area (Å²) in [6, 6.07) is 2.28. The molecule has 66 valence electrons. The van der Waals surface area contributed by atoms with Crippen LogP contribution in [0.1, 0.15) is 39.0 Å². The van der Waals surface area contributed by atoms with Gasteiger partial charge in [0, 0.05) is 17.8 Å². The van der Waals surface area contributed by atoms with E-state index in [0.717, 1.165) is 31.4 Å². The van der Waals surface area contributed by atoms with Gasteiger partial charge in [-0.2, -0.15) is 5.26 Å². The Morgan fingerprint density at radius 2 is 2.42 bits per heavy atom. The monoisotopic (exact) mass is 164 g/mol. The molecule has 0 aromatic rings. The van der Waals surface area contributed by atoms with Crippen LogP contribution in [-0.2, 0) is 0 Å². The second-order valence-corrected chi connectivity index (χ2v) is 3.20. The van der Waals surface area contributed by atoms with E-state index >= 15 is 0 Å². The largest absolute Gasteiger partial charge is 0.388 e. The lowest BCUT2D eigenvalue weighted by Gasteiger charge is -2.17. The van der Waals surface area contributed by atoms with Crippen LogP contribution >= 0.6 is 0 Å². The summed E-state index contributed by atoms with van der Waals surface area (Å²) >= 11 is 0. The molecule has 1 rings (SSSR count). The molecule has 0 fully saturated rings. The van der Waals surface area contributed by atoms with E-state index in [4.69, 9.17) is 5.26 Å². The second-order valence-electron chi connectivity index (χ2n) is 3.20. The van der Waals surface area contributed by atoms with Crippen molar-refractivity contribution in [2.24, 2.45) is 0 Å². The maximum atomic E-state index is 8.81. The summed E-state index contributed by atoms with van der Waals surface area (Å²) in [5.74, 6) is 0. The van der Waals surface area contributed by atoms with Crippen LogP contribution in [0.3, 0.4) is 0 Å². The first kappa shape index (κ1) is 9.12. The molecular formula is C10H16N2. The summed E-state index contributed by atoms with van der Waals surface area (Å²) in [6.45, 7) is 3.22. The van der Waals surface area contributed by atoms with Gasteiger partial charge < -0.3 is 5.32 Å². The Kier molecular flexibility index (Phi) is 3.66. The first-order chi connectivity index (χ1) is 5.88. The molecular weight excluding hydrogens is 148 g/mol. The average Bonchev–Trinajstić information content (AvgIpc) is 2.15. The minimum Gasteiger partial charge on any atom is -0.388 e. The molecule has 0 aromatic carbocycles. The molecule has 0 saturated carbocycles. The molecule has 0 saturated heterocycles. The van der Waals surface area contributed by atoms with Crippen molar-refractivity contribution in [2.75, 3.05) is 6.54 Å². The van der Waals surface area contributed by atoms with Crippen LogP contribution in [0.15, 0.2) is 11.3 Å². The highest BCUT2D eigenvalue weighted by Gasteiger charge is 2.10. The van der Waals surface area contributed by atoms with Crippen molar-refractivity contribution >= 4 is 0 Å². The maximum absolute atomic E-state index is 8.81. The molecule has 0 atom stereocenters. The minimum absolute atomic E-state index is 0.975. The van der Waals surface area contributed by atoms with Gasteiger partial charge in [0.25, 0.3) is 0 Å². The molecule has 1 aliphatic heterocycles. The Morgan fingerprint density at radius 1 is 1.58 bits per heavy atom. The van der Waals surface area contributed by atoms with Crippen molar-refractivity contribution < 1.29 is 0 Å². The zero-order valence-corrected chi connectivity index (χ0v) is 7.69. The van der Waals surface area contributed by atoms with E-state index in [0.29, 0.717) is 0 Å². The van der Waals surface area contributed by atoms with E-state index in [1.165, 1.54) is 18.5 Å². The number of unbranched alkanes of at least 4 members (excludes halogenated alkanes) is 1. The Labute approximate surface area is 74.3 Å². The third-order valence-corrected chi connectivity index (χ3v) is 2.22. The lowest BCUT2D eigenvalue weighted by molar-refractivity contribution is 0.624. The predicted molar refractivity (Wildman–Crippen MR) is 49.4 cm³/mol. The van der Waals surface area contributed by atoms with Gasteiger partial charge in [-0.1, -0.05) is 13.3 Å². The Bertz CT molecular complexity index is 210. The summed E-state index contributed by atoms with van der Waals surface area (Å²) in [5, 5.41) is 12.1. The molecule has 1 heterocycles. The first-order valence-corrected chi connectivity index (χ1v) is 4.74. The van der Waals surface area contributed by atoms with Gasteiger partial charge in [-0.15, -0.1) is 0 Å². The van der Waals surface area contributed by atoms with Gasteiger partial charge in [-0.25, -0.2) is 0 Å². The van der Waals surface area contributed by atoms with Gasteiger partial charge >= 0.3 is 0 Å². The molecule has 12 heavy (non-hydrogen) atoms. The molecule has 0 aliphatic carbocycles. The molecule has 2 heteroatoms. The van der Waals surface area contributed by atoms with Crippen LogP contribution in [0.4, 0.5) is 0 Å². The van der Waals surface area contributed by atoms with Crippen LogP contribution in [0.25, 0.3) is 0 Å². The Morgan fingerprint density at radius 3 is 3.08 bits per heavy atom. The molecule has 0 amide bonds. The van der Waals surface area contributed by atoms with Crippen LogP contribution in [0, 0.1) is 11.3 Å². The third kappa shape index (κ3) is 2.27. The fourth-order valence-corrected chi connectivity index (χ4v) is 1.48. The zero-order valence-electron chi connectivity index (χ0n) is 7.69. The van der Waals surface area contributed by atoms with Crippen molar-refractivity contribution in [1.29, 1.82) is 5.26 Å². The molecule has 0 radical (unpaired) electrons. The number of rotatable bonds is 3. The van der Waals surface area contributed by atoms with Gasteiger partial charge in [0.05, 0.1) is 6.07 Å². The molecule has 2 nitrogen and oxygen atoms in total. The molecule has 0 spiro atoms. The van der Waals surface area contributed by atoms with Crippen molar-refractivity contribution in [3.05, 3.63) is 11.3 Å². The number of hydrogen-bond acceptors (Lipinski definition) is 2. The molecule has 0 unspecified atom stereocenters. The van der Waals surface area contributed by atoms with Crippen LogP contribution in [-0.4, -0.2) is 6.54 Å². The predicted octanol–water partition coefficient (Wildman–Crippen LogP) is 2.34. The number of allylic oxidation sites excluding steroid dienone is 2. The summed E-state index contributed by atoms with van der Waals surface area (Å²) in [5.41, 5.74) is 2.18. The zero-order chi connectivity index (χ0) is 8.81. The number of nitriles is 1. The quantitative estimate of drug-likeness (QED) is 0.695. The summed E-state index contributed by atoms with van der Waals surface area (Å²) in [4.78, 5) is 0. The Hall–Kier alpha value is -0.970. The van der Waals surface area contributed by atoms with Crippen LogP contribution in [0.5, 0.6) is 0 Å². The average molecular weight is 164 g/mol. The molecule has 0 bridgehead atoms. The van der Waals surface area contributed by atoms with E-state index in [2.05, 4.69) is 18.3 Å². The number of nitrogens with zero attached hydrogens (tertiary/aromatic N) is 1. The number of nitrogens with one attached hydrogen (secondary N) is 1. The van der Waals surface area contributed by atoms with Gasteiger partial charge in [-0.05, 0) is 25.7 Å². The Balaban J connectivity index is 2.55. The van der Waals surface area contributed by atoms with Gasteiger partial charge in [0.15, 0.2) is 0 Å². The summed E-state index contributed by atoms with van der Waals surface area (Å²) in [7, 11) is 0. The van der Waals surface area contributed by atoms with Crippen LogP contribution < -0.4 is 5.32 Å². The van der Waals surface area contributed by atoms with E-state index in [-0.39, 0.29) is 0 Å². The number of hydrogen-bond donors (Lipinski definition) is 1. The molecule has 1 aliphatic rings. The van der Waals surface area contributed by atoms with Crippen molar-refractivity contribution in [3.63, 3.8) is 0 Å². The molecule has 1 N–H and O–H groups in total. The van der Waals surface area contributed by atoms with Crippen molar-refractivity contribution in [2.45, 2.75) is 39.0 Å². The molecule has 0 aromatic heterocycles. The second kappa shape index (κ2) is 4.82. The van der Waals surface area contributed by atoms with Crippen molar-refractivity contribution in [1.82, 2.24) is 5.32 Å². The third-order valence-electron chi connectivity index (χ3n) is 2.22. The standard InChI is InChI=1S/C10H16N2/c1-2-3-6-10-9(8-11)5-4-7-12-10/h12H,2-7H2,1H3. The highest BCUT2D eigenvalue weighted by Crippen LogP contribution is 2.17. The van der Waals surface area contributed by atoms with Gasteiger partial charge in [0.1, 0.15) is 0 Å². The van der Waals surface area contributed by atoms with E-state index < -0.39 is 0 Å². The summed E-state index contributed by atoms with van der Waals surface area (Å²) < 4.78 is 0. The highest BCUT2D eigenvalue weighted by atomic mass is 14.9. The highest BCUT2D eigenvalue weighted by molar-refractivity contribution is 5.28. The fraction of sp³-hybridized carbons (Fsp3) is 0.700. The van der Waals surface area contributed by atoms with Crippen molar-refractivity contribution in [3.8, 4) is 6.07 Å². The van der Waals surface area contributed by atoms with Gasteiger partial charge in [-0.3, -0.25) is 0 Å². The van der Waals surface area contributed by atoms with Gasteiger partial charge in [0.2, 0.25) is 0 Å². The maximum Gasteiger partial charge on any atom is 0.0965 e. The normalized spacial score (nSPS) is 17.0. The first-order valence-electron chi connectivity index (χ1n) is 4.74. The lowest BCUT2D eigenvalue weighted by Crippen LogP contribution is -2.21. The van der Waals surface area contributed by atoms with Crippen LogP contribution in [0.2, 0.25) is 0 Å². The minimum atomic E-state index is 0.975. The fourth-order valence-electron chi connectivity index (χ4n) is 1.48. The topological polar surface area (TPSA) is 35.8 Å². The van der Waals surface area contributed by atoms with E-state index in [1.54, 1.807) is 0 Å². The lowest BCUT2D eigenvalue weighted by atomic mass is 10.0. The van der Waals surface area contributed by atoms with E-state index in [1.807, 2.05) is 0 Å². The SMILES string of the molecule is CCCCC1=C(C#N)CCCN1. The summed E-state index contributed by atoms with van der Waals surface area (Å²) in [6.07, 6.45) is 5.53. The smallest absolute Gasteiger partial charge is 0.0965 e.